The van der Waals surface area contributed by atoms with E-state index in [0.717, 1.165) is 0 Å². The zero-order valence-electron chi connectivity index (χ0n) is 9.19. The topological polar surface area (TPSA) is 79.4 Å². The number of fused-ring (bicyclic) bond motifs is 1. The van der Waals surface area contributed by atoms with E-state index in [4.69, 9.17) is 4.74 Å². The number of H-pyrrole nitrogens is 1. The highest BCUT2D eigenvalue weighted by atomic mass is 16.5. The second kappa shape index (κ2) is 4.29. The lowest BCUT2D eigenvalue weighted by Crippen LogP contribution is -2.19. The van der Waals surface area contributed by atoms with Crippen LogP contribution in [0.2, 0.25) is 0 Å². The number of phenols is 1. The first-order valence-electron chi connectivity index (χ1n) is 5.15. The molecule has 1 aromatic carbocycles. The SMILES string of the molecule is CCOC(=O)c1cc2ccc(O)cc2[nH]c1=O. The van der Waals surface area contributed by atoms with Crippen molar-refractivity contribution in [2.75, 3.05) is 6.61 Å². The highest BCUT2D eigenvalue weighted by Gasteiger charge is 2.12. The Labute approximate surface area is 96.7 Å². The van der Waals surface area contributed by atoms with E-state index in [1.54, 1.807) is 13.0 Å². The monoisotopic (exact) mass is 233 g/mol. The number of esters is 1. The molecule has 0 bridgehead atoms. The fourth-order valence-electron chi connectivity index (χ4n) is 1.55. The average molecular weight is 233 g/mol. The van der Waals surface area contributed by atoms with Crippen molar-refractivity contribution in [1.82, 2.24) is 4.98 Å². The fraction of sp³-hybridized carbons (Fsp3) is 0.167. The number of hydrogen-bond donors (Lipinski definition) is 2. The molecule has 2 aromatic rings. The normalized spacial score (nSPS) is 10.4. The number of aromatic hydroxyl groups is 1. The van der Waals surface area contributed by atoms with Crippen LogP contribution in [0.5, 0.6) is 5.75 Å². The van der Waals surface area contributed by atoms with Crippen molar-refractivity contribution in [1.29, 1.82) is 0 Å². The molecule has 0 spiro atoms. The fourth-order valence-corrected chi connectivity index (χ4v) is 1.55. The Morgan fingerprint density at radius 2 is 2.18 bits per heavy atom. The first-order chi connectivity index (χ1) is 8.11. The molecular formula is C12H11NO4. The van der Waals surface area contributed by atoms with E-state index in [-0.39, 0.29) is 17.9 Å². The molecule has 0 amide bonds. The third-order valence-electron chi connectivity index (χ3n) is 2.32. The van der Waals surface area contributed by atoms with Gasteiger partial charge in [0.2, 0.25) is 0 Å². The van der Waals surface area contributed by atoms with Crippen molar-refractivity contribution in [2.45, 2.75) is 6.92 Å². The highest BCUT2D eigenvalue weighted by Crippen LogP contribution is 2.17. The van der Waals surface area contributed by atoms with Gasteiger partial charge in [0, 0.05) is 6.07 Å². The number of hydrogen-bond acceptors (Lipinski definition) is 4. The van der Waals surface area contributed by atoms with Crippen LogP contribution >= 0.6 is 0 Å². The third kappa shape index (κ3) is 2.13. The largest absolute Gasteiger partial charge is 0.508 e. The summed E-state index contributed by atoms with van der Waals surface area (Å²) in [4.78, 5) is 25.6. The average Bonchev–Trinajstić information content (AvgIpc) is 2.28. The van der Waals surface area contributed by atoms with E-state index in [9.17, 15) is 14.7 Å². The maximum atomic E-state index is 11.6. The van der Waals surface area contributed by atoms with E-state index >= 15 is 0 Å². The van der Waals surface area contributed by atoms with Gasteiger partial charge in [0.1, 0.15) is 11.3 Å². The molecule has 0 unspecified atom stereocenters. The molecule has 2 N–H and O–H groups in total. The molecule has 0 saturated heterocycles. The number of phenolic OH excluding ortho intramolecular Hbond substituents is 1. The Balaban J connectivity index is 2.60. The van der Waals surface area contributed by atoms with Gasteiger partial charge >= 0.3 is 5.97 Å². The number of aromatic amines is 1. The van der Waals surface area contributed by atoms with Crippen LogP contribution in [0.3, 0.4) is 0 Å². The molecule has 5 heteroatoms. The number of carbonyl (C=O) groups excluding carboxylic acids is 1. The van der Waals surface area contributed by atoms with Gasteiger partial charge < -0.3 is 14.8 Å². The number of nitrogens with one attached hydrogen (secondary N) is 1. The van der Waals surface area contributed by atoms with Crippen molar-refractivity contribution in [2.24, 2.45) is 0 Å². The number of ether oxygens (including phenoxy) is 1. The molecule has 2 rings (SSSR count). The summed E-state index contributed by atoms with van der Waals surface area (Å²) in [6.45, 7) is 1.89. The van der Waals surface area contributed by atoms with Crippen LogP contribution in [0, 0.1) is 0 Å². The molecule has 0 aliphatic rings. The molecule has 1 aromatic heterocycles. The zero-order valence-corrected chi connectivity index (χ0v) is 9.19. The van der Waals surface area contributed by atoms with Crippen LogP contribution in [-0.4, -0.2) is 22.7 Å². The first-order valence-corrected chi connectivity index (χ1v) is 5.15. The van der Waals surface area contributed by atoms with E-state index in [0.29, 0.717) is 10.9 Å². The van der Waals surface area contributed by atoms with E-state index < -0.39 is 11.5 Å². The van der Waals surface area contributed by atoms with Crippen LogP contribution in [0.1, 0.15) is 17.3 Å². The molecule has 0 radical (unpaired) electrons. The summed E-state index contributed by atoms with van der Waals surface area (Å²) in [5.41, 5.74) is -0.0883. The predicted molar refractivity (Wildman–Crippen MR) is 62.2 cm³/mol. The Morgan fingerprint density at radius 1 is 1.41 bits per heavy atom. The summed E-state index contributed by atoms with van der Waals surface area (Å²) in [5, 5.41) is 9.93. The number of benzene rings is 1. The van der Waals surface area contributed by atoms with E-state index in [1.807, 2.05) is 0 Å². The minimum absolute atomic E-state index is 0.0370. The van der Waals surface area contributed by atoms with Crippen molar-refractivity contribution in [3.05, 3.63) is 40.2 Å². The lowest BCUT2D eigenvalue weighted by Gasteiger charge is -2.03. The molecular weight excluding hydrogens is 222 g/mol. The second-order valence-corrected chi connectivity index (χ2v) is 3.50. The lowest BCUT2D eigenvalue weighted by molar-refractivity contribution is 0.0524. The lowest BCUT2D eigenvalue weighted by atomic mass is 10.1. The van der Waals surface area contributed by atoms with Gasteiger partial charge in [0.05, 0.1) is 12.1 Å². The van der Waals surface area contributed by atoms with Gasteiger partial charge in [-0.3, -0.25) is 4.79 Å². The first kappa shape index (κ1) is 11.2. The Kier molecular flexibility index (Phi) is 2.82. The molecule has 0 atom stereocenters. The van der Waals surface area contributed by atoms with Gasteiger partial charge in [-0.15, -0.1) is 0 Å². The maximum absolute atomic E-state index is 11.6. The molecule has 0 fully saturated rings. The van der Waals surface area contributed by atoms with Gasteiger partial charge in [-0.2, -0.15) is 0 Å². The molecule has 1 heterocycles. The summed E-state index contributed by atoms with van der Waals surface area (Å²) in [5.74, 6) is -0.597. The quantitative estimate of drug-likeness (QED) is 0.768. The molecule has 88 valence electrons. The number of aromatic nitrogens is 1. The molecule has 0 saturated carbocycles. The zero-order chi connectivity index (χ0) is 12.4. The smallest absolute Gasteiger partial charge is 0.343 e. The number of carbonyl (C=O) groups is 1. The van der Waals surface area contributed by atoms with Crippen molar-refractivity contribution < 1.29 is 14.6 Å². The van der Waals surface area contributed by atoms with Crippen molar-refractivity contribution >= 4 is 16.9 Å². The third-order valence-corrected chi connectivity index (χ3v) is 2.32. The van der Waals surface area contributed by atoms with Gasteiger partial charge in [0.25, 0.3) is 5.56 Å². The van der Waals surface area contributed by atoms with Crippen LogP contribution in [0.15, 0.2) is 29.1 Å². The summed E-state index contributed by atoms with van der Waals surface area (Å²) >= 11 is 0. The summed E-state index contributed by atoms with van der Waals surface area (Å²) < 4.78 is 4.77. The Morgan fingerprint density at radius 3 is 2.88 bits per heavy atom. The minimum atomic E-state index is -0.649. The summed E-state index contributed by atoms with van der Waals surface area (Å²) in [6.07, 6.45) is 0. The molecule has 0 aliphatic carbocycles. The Hall–Kier alpha value is -2.30. The number of rotatable bonds is 2. The van der Waals surface area contributed by atoms with Crippen LogP contribution in [0.4, 0.5) is 0 Å². The van der Waals surface area contributed by atoms with Gasteiger partial charge in [0.15, 0.2) is 0 Å². The summed E-state index contributed by atoms with van der Waals surface area (Å²) in [6, 6.07) is 5.97. The van der Waals surface area contributed by atoms with Gasteiger partial charge in [-0.05, 0) is 30.5 Å². The van der Waals surface area contributed by atoms with Crippen molar-refractivity contribution in [3.8, 4) is 5.75 Å². The number of pyridine rings is 1. The molecule has 0 aliphatic heterocycles. The highest BCUT2D eigenvalue weighted by molar-refractivity contribution is 5.93. The molecule has 17 heavy (non-hydrogen) atoms. The van der Waals surface area contributed by atoms with Crippen LogP contribution < -0.4 is 5.56 Å². The van der Waals surface area contributed by atoms with Crippen LogP contribution in [-0.2, 0) is 4.74 Å². The van der Waals surface area contributed by atoms with Crippen molar-refractivity contribution in [3.63, 3.8) is 0 Å². The second-order valence-electron chi connectivity index (χ2n) is 3.50. The standard InChI is InChI=1S/C12H11NO4/c1-2-17-12(16)9-5-7-3-4-8(14)6-10(7)13-11(9)15/h3-6,14H,2H2,1H3,(H,13,15). The van der Waals surface area contributed by atoms with Gasteiger partial charge in [-0.1, -0.05) is 0 Å². The summed E-state index contributed by atoms with van der Waals surface area (Å²) in [7, 11) is 0. The maximum Gasteiger partial charge on any atom is 0.343 e. The minimum Gasteiger partial charge on any atom is -0.508 e. The Bertz CT molecular complexity index is 630. The molecule has 5 nitrogen and oxygen atoms in total. The van der Waals surface area contributed by atoms with E-state index in [1.165, 1.54) is 18.2 Å². The van der Waals surface area contributed by atoms with E-state index in [2.05, 4.69) is 4.98 Å². The predicted octanol–water partition coefficient (Wildman–Crippen LogP) is 1.41. The van der Waals surface area contributed by atoms with Gasteiger partial charge in [-0.25, -0.2) is 4.79 Å². The van der Waals surface area contributed by atoms with Crippen LogP contribution in [0.25, 0.3) is 10.9 Å².